The quantitative estimate of drug-likeness (QED) is 0.809. The maximum absolute atomic E-state index is 12.4. The van der Waals surface area contributed by atoms with Gasteiger partial charge >= 0.3 is 5.97 Å². The molecule has 0 bridgehead atoms. The van der Waals surface area contributed by atoms with Gasteiger partial charge in [-0.15, -0.1) is 0 Å². The van der Waals surface area contributed by atoms with E-state index in [1.807, 2.05) is 6.92 Å². The second-order valence-electron chi connectivity index (χ2n) is 6.22. The van der Waals surface area contributed by atoms with Crippen molar-refractivity contribution in [2.45, 2.75) is 40.5 Å². The molecule has 1 atom stereocenters. The molecule has 1 unspecified atom stereocenters. The van der Waals surface area contributed by atoms with E-state index >= 15 is 0 Å². The monoisotopic (exact) mass is 317 g/mol. The molecule has 6 nitrogen and oxygen atoms in total. The summed E-state index contributed by atoms with van der Waals surface area (Å²) in [4.78, 5) is 23.6. The molecule has 0 saturated carbocycles. The van der Waals surface area contributed by atoms with Gasteiger partial charge < -0.3 is 14.1 Å². The molecule has 0 aliphatic carbocycles. The highest BCUT2D eigenvalue weighted by Gasteiger charge is 2.28. The van der Waals surface area contributed by atoms with Crippen molar-refractivity contribution in [3.05, 3.63) is 17.1 Å². The van der Waals surface area contributed by atoms with E-state index in [1.165, 1.54) is 6.42 Å². The highest BCUT2D eigenvalue weighted by Crippen LogP contribution is 2.34. The predicted octanol–water partition coefficient (Wildman–Crippen LogP) is 3.25. The Kier molecular flexibility index (Phi) is 4.24. The van der Waals surface area contributed by atoms with Crippen LogP contribution in [0.1, 0.15) is 48.6 Å². The summed E-state index contributed by atoms with van der Waals surface area (Å²) in [5, 5.41) is 0.681. The van der Waals surface area contributed by atoms with Gasteiger partial charge in [0.1, 0.15) is 23.0 Å². The minimum Gasteiger partial charge on any atom is -0.462 e. The number of hydrogen-bond acceptors (Lipinski definition) is 6. The van der Waals surface area contributed by atoms with Crippen LogP contribution in [-0.4, -0.2) is 35.6 Å². The van der Waals surface area contributed by atoms with E-state index in [9.17, 15) is 4.79 Å². The van der Waals surface area contributed by atoms with Gasteiger partial charge in [0.25, 0.3) is 0 Å². The van der Waals surface area contributed by atoms with Crippen LogP contribution >= 0.6 is 0 Å². The van der Waals surface area contributed by atoms with Gasteiger partial charge in [0.05, 0.1) is 12.0 Å². The number of carbonyl (C=O) groups excluding carboxylic acids is 1. The van der Waals surface area contributed by atoms with E-state index in [-0.39, 0.29) is 5.97 Å². The SMILES string of the molecule is CCOC(=O)c1c(C)oc2nc(C)nc(N3CCCC(C)C3)c12. The Labute approximate surface area is 135 Å². The number of piperidine rings is 1. The lowest BCUT2D eigenvalue weighted by Gasteiger charge is -2.32. The Morgan fingerprint density at radius 3 is 2.87 bits per heavy atom. The Morgan fingerprint density at radius 2 is 2.17 bits per heavy atom. The van der Waals surface area contributed by atoms with Crippen LogP contribution in [0.2, 0.25) is 0 Å². The van der Waals surface area contributed by atoms with E-state index < -0.39 is 0 Å². The zero-order valence-corrected chi connectivity index (χ0v) is 14.2. The fraction of sp³-hybridized carbons (Fsp3) is 0.588. The first kappa shape index (κ1) is 15.8. The largest absolute Gasteiger partial charge is 0.462 e. The summed E-state index contributed by atoms with van der Waals surface area (Å²) in [5.74, 6) is 2.20. The number of hydrogen-bond donors (Lipinski definition) is 0. The first-order chi connectivity index (χ1) is 11.0. The average Bonchev–Trinajstić information content (AvgIpc) is 2.82. The smallest absolute Gasteiger partial charge is 0.342 e. The van der Waals surface area contributed by atoms with E-state index in [0.717, 1.165) is 25.3 Å². The maximum Gasteiger partial charge on any atom is 0.342 e. The van der Waals surface area contributed by atoms with E-state index in [0.29, 0.717) is 40.8 Å². The molecule has 23 heavy (non-hydrogen) atoms. The van der Waals surface area contributed by atoms with Crippen LogP contribution in [0.25, 0.3) is 11.1 Å². The number of ether oxygens (including phenoxy) is 1. The molecule has 6 heteroatoms. The molecule has 124 valence electrons. The average molecular weight is 317 g/mol. The molecule has 1 aliphatic rings. The summed E-state index contributed by atoms with van der Waals surface area (Å²) in [6, 6.07) is 0. The maximum atomic E-state index is 12.4. The van der Waals surface area contributed by atoms with Crippen molar-refractivity contribution in [1.29, 1.82) is 0 Å². The first-order valence-electron chi connectivity index (χ1n) is 8.21. The summed E-state index contributed by atoms with van der Waals surface area (Å²) >= 11 is 0. The molecular formula is C17H23N3O3. The Bertz CT molecular complexity index is 738. The van der Waals surface area contributed by atoms with Gasteiger partial charge in [-0.05, 0) is 39.5 Å². The Balaban J connectivity index is 2.17. The standard InChI is InChI=1S/C17H23N3O3/c1-5-22-17(21)13-11(3)23-16-14(13)15(18-12(4)19-16)20-8-6-7-10(2)9-20/h10H,5-9H2,1-4H3. The third kappa shape index (κ3) is 2.90. The number of furan rings is 1. The van der Waals surface area contributed by atoms with Crippen molar-refractivity contribution in [1.82, 2.24) is 9.97 Å². The van der Waals surface area contributed by atoms with Gasteiger partial charge in [0, 0.05) is 13.1 Å². The van der Waals surface area contributed by atoms with Gasteiger partial charge in [-0.2, -0.15) is 4.98 Å². The third-order valence-corrected chi connectivity index (χ3v) is 4.26. The zero-order chi connectivity index (χ0) is 16.6. The molecule has 2 aromatic heterocycles. The van der Waals surface area contributed by atoms with Crippen LogP contribution in [0.3, 0.4) is 0 Å². The second-order valence-corrected chi connectivity index (χ2v) is 6.22. The lowest BCUT2D eigenvalue weighted by Crippen LogP contribution is -2.35. The minimum absolute atomic E-state index is 0.327. The van der Waals surface area contributed by atoms with Crippen molar-refractivity contribution >= 4 is 22.9 Å². The highest BCUT2D eigenvalue weighted by molar-refractivity contribution is 6.08. The van der Waals surface area contributed by atoms with Crippen LogP contribution in [0.5, 0.6) is 0 Å². The molecule has 0 aromatic carbocycles. The van der Waals surface area contributed by atoms with Gasteiger partial charge in [-0.1, -0.05) is 6.92 Å². The Morgan fingerprint density at radius 1 is 1.39 bits per heavy atom. The van der Waals surface area contributed by atoms with Crippen molar-refractivity contribution in [3.63, 3.8) is 0 Å². The van der Waals surface area contributed by atoms with E-state index in [1.54, 1.807) is 13.8 Å². The molecule has 0 amide bonds. The van der Waals surface area contributed by atoms with Crippen molar-refractivity contribution in [2.24, 2.45) is 5.92 Å². The summed E-state index contributed by atoms with van der Waals surface area (Å²) in [6.45, 7) is 9.84. The summed E-state index contributed by atoms with van der Waals surface area (Å²) in [5.41, 5.74) is 0.918. The second kappa shape index (κ2) is 6.18. The third-order valence-electron chi connectivity index (χ3n) is 4.26. The van der Waals surface area contributed by atoms with Crippen LogP contribution in [0, 0.1) is 19.8 Å². The van der Waals surface area contributed by atoms with Crippen LogP contribution < -0.4 is 4.90 Å². The zero-order valence-electron chi connectivity index (χ0n) is 14.2. The lowest BCUT2D eigenvalue weighted by atomic mass is 10.00. The molecule has 1 saturated heterocycles. The van der Waals surface area contributed by atoms with Crippen LogP contribution in [-0.2, 0) is 4.74 Å². The number of aryl methyl sites for hydroxylation is 2. The first-order valence-corrected chi connectivity index (χ1v) is 8.21. The number of fused-ring (bicyclic) bond motifs is 1. The topological polar surface area (TPSA) is 68.5 Å². The van der Waals surface area contributed by atoms with Crippen molar-refractivity contribution in [2.75, 3.05) is 24.6 Å². The summed E-state index contributed by atoms with van der Waals surface area (Å²) in [7, 11) is 0. The number of anilines is 1. The van der Waals surface area contributed by atoms with E-state index in [2.05, 4.69) is 21.8 Å². The summed E-state index contributed by atoms with van der Waals surface area (Å²) < 4.78 is 10.9. The highest BCUT2D eigenvalue weighted by atomic mass is 16.5. The van der Waals surface area contributed by atoms with Crippen LogP contribution in [0.15, 0.2) is 4.42 Å². The molecule has 1 fully saturated rings. The van der Waals surface area contributed by atoms with Crippen LogP contribution in [0.4, 0.5) is 5.82 Å². The van der Waals surface area contributed by atoms with Gasteiger partial charge in [-0.3, -0.25) is 0 Å². The molecule has 0 N–H and O–H groups in total. The summed E-state index contributed by atoms with van der Waals surface area (Å²) in [6.07, 6.45) is 2.34. The van der Waals surface area contributed by atoms with Gasteiger partial charge in [0.2, 0.25) is 5.71 Å². The molecule has 2 aromatic rings. The number of rotatable bonds is 3. The van der Waals surface area contributed by atoms with Gasteiger partial charge in [0.15, 0.2) is 0 Å². The molecule has 0 spiro atoms. The number of esters is 1. The molecule has 3 heterocycles. The van der Waals surface area contributed by atoms with Crippen molar-refractivity contribution in [3.8, 4) is 0 Å². The number of carbonyl (C=O) groups is 1. The Hall–Kier alpha value is -2.11. The van der Waals surface area contributed by atoms with E-state index in [4.69, 9.17) is 9.15 Å². The number of aromatic nitrogens is 2. The fourth-order valence-electron chi connectivity index (χ4n) is 3.26. The lowest BCUT2D eigenvalue weighted by molar-refractivity contribution is 0.0526. The molecular weight excluding hydrogens is 294 g/mol. The minimum atomic E-state index is -0.373. The van der Waals surface area contributed by atoms with Crippen molar-refractivity contribution < 1.29 is 13.9 Å². The molecule has 3 rings (SSSR count). The normalized spacial score (nSPS) is 18.4. The number of nitrogens with zero attached hydrogens (tertiary/aromatic N) is 3. The molecule has 1 aliphatic heterocycles. The van der Waals surface area contributed by atoms with Gasteiger partial charge in [-0.25, -0.2) is 9.78 Å². The predicted molar refractivity (Wildman–Crippen MR) is 87.8 cm³/mol. The fourth-order valence-corrected chi connectivity index (χ4v) is 3.26. The molecule has 0 radical (unpaired) electrons.